The van der Waals surface area contributed by atoms with Crippen LogP contribution in [0.25, 0.3) is 0 Å². The van der Waals surface area contributed by atoms with Crippen LogP contribution >= 0.6 is 22.9 Å². The summed E-state index contributed by atoms with van der Waals surface area (Å²) in [7, 11) is 0. The maximum atomic E-state index is 12.3. The summed E-state index contributed by atoms with van der Waals surface area (Å²) < 4.78 is 0. The van der Waals surface area contributed by atoms with E-state index in [-0.39, 0.29) is 12.5 Å². The predicted octanol–water partition coefficient (Wildman–Crippen LogP) is 3.27. The quantitative estimate of drug-likeness (QED) is 0.939. The van der Waals surface area contributed by atoms with E-state index in [1.165, 1.54) is 10.4 Å². The minimum Gasteiger partial charge on any atom is -0.375 e. The first-order valence-electron chi connectivity index (χ1n) is 6.94. The van der Waals surface area contributed by atoms with Gasteiger partial charge in [0.25, 0.3) is 0 Å². The Morgan fingerprint density at radius 1 is 1.45 bits per heavy atom. The van der Waals surface area contributed by atoms with Crippen LogP contribution < -0.4 is 5.32 Å². The monoisotopic (exact) mass is 331 g/mol. The molecular formula is C16H14ClN3OS. The summed E-state index contributed by atoms with van der Waals surface area (Å²) in [4.78, 5) is 15.6. The Kier molecular flexibility index (Phi) is 4.32. The fraction of sp³-hybridized carbons (Fsp3) is 0.250. The van der Waals surface area contributed by atoms with E-state index < -0.39 is 0 Å². The number of amides is 1. The van der Waals surface area contributed by atoms with Gasteiger partial charge in [0.05, 0.1) is 17.8 Å². The van der Waals surface area contributed by atoms with Gasteiger partial charge < -0.3 is 10.2 Å². The van der Waals surface area contributed by atoms with Crippen molar-refractivity contribution in [3.05, 3.63) is 50.7 Å². The molecule has 0 bridgehead atoms. The van der Waals surface area contributed by atoms with Crippen molar-refractivity contribution in [1.29, 1.82) is 5.26 Å². The van der Waals surface area contributed by atoms with Crippen molar-refractivity contribution in [3.63, 3.8) is 0 Å². The van der Waals surface area contributed by atoms with Crippen molar-refractivity contribution in [1.82, 2.24) is 4.90 Å². The van der Waals surface area contributed by atoms with Gasteiger partial charge in [-0.1, -0.05) is 11.6 Å². The molecule has 22 heavy (non-hydrogen) atoms. The lowest BCUT2D eigenvalue weighted by Gasteiger charge is -2.27. The first-order chi connectivity index (χ1) is 10.7. The Balaban J connectivity index is 1.64. The minimum absolute atomic E-state index is 0.0284. The number of hydrogen-bond acceptors (Lipinski definition) is 4. The second-order valence-electron chi connectivity index (χ2n) is 5.09. The molecule has 0 spiro atoms. The van der Waals surface area contributed by atoms with Crippen molar-refractivity contribution in [2.45, 2.75) is 13.0 Å². The van der Waals surface area contributed by atoms with E-state index in [1.54, 1.807) is 29.5 Å². The molecule has 1 aromatic carbocycles. The van der Waals surface area contributed by atoms with E-state index in [1.807, 2.05) is 4.90 Å². The molecule has 6 heteroatoms. The molecule has 1 aliphatic heterocycles. The molecule has 1 N–H and O–H groups in total. The van der Waals surface area contributed by atoms with Crippen molar-refractivity contribution in [3.8, 4) is 6.07 Å². The molecule has 2 aromatic rings. The molecule has 1 amide bonds. The number of carbonyl (C=O) groups is 1. The lowest BCUT2D eigenvalue weighted by Crippen LogP contribution is -2.38. The standard InChI is InChI=1S/C16H14ClN3OS/c17-13-2-1-11(8-18)14(7-13)19-9-16(21)20-5-3-15-12(10-20)4-6-22-15/h1-2,4,6-7,19H,3,5,9-10H2. The number of benzene rings is 1. The van der Waals surface area contributed by atoms with E-state index in [0.29, 0.717) is 22.8 Å². The summed E-state index contributed by atoms with van der Waals surface area (Å²) in [5.41, 5.74) is 2.32. The zero-order valence-electron chi connectivity index (χ0n) is 11.8. The number of halogens is 1. The molecule has 0 fully saturated rings. The molecule has 4 nitrogen and oxygen atoms in total. The van der Waals surface area contributed by atoms with Crippen molar-refractivity contribution in [2.24, 2.45) is 0 Å². The second-order valence-corrected chi connectivity index (χ2v) is 6.53. The van der Waals surface area contributed by atoms with Gasteiger partial charge in [0.1, 0.15) is 6.07 Å². The summed E-state index contributed by atoms with van der Waals surface area (Å²) in [6, 6.07) is 9.15. The van der Waals surface area contributed by atoms with Crippen molar-refractivity contribution in [2.75, 3.05) is 18.4 Å². The Hall–Kier alpha value is -2.03. The number of nitrogens with one attached hydrogen (secondary N) is 1. The fourth-order valence-electron chi connectivity index (χ4n) is 2.50. The highest BCUT2D eigenvalue weighted by molar-refractivity contribution is 7.10. The number of nitriles is 1. The maximum absolute atomic E-state index is 12.3. The Labute approximate surface area is 137 Å². The predicted molar refractivity (Wildman–Crippen MR) is 88.1 cm³/mol. The number of nitrogens with zero attached hydrogens (tertiary/aromatic N) is 2. The average Bonchev–Trinajstić information content (AvgIpc) is 3.00. The summed E-state index contributed by atoms with van der Waals surface area (Å²) in [6.07, 6.45) is 0.916. The van der Waals surface area contributed by atoms with Gasteiger partial charge in [0.15, 0.2) is 0 Å². The van der Waals surface area contributed by atoms with Crippen LogP contribution in [0.3, 0.4) is 0 Å². The zero-order valence-corrected chi connectivity index (χ0v) is 13.4. The molecule has 0 saturated heterocycles. The van der Waals surface area contributed by atoms with Gasteiger partial charge in [-0.25, -0.2) is 0 Å². The van der Waals surface area contributed by atoms with Crippen LogP contribution in [0.2, 0.25) is 5.02 Å². The molecule has 0 aliphatic carbocycles. The number of thiophene rings is 1. The van der Waals surface area contributed by atoms with Crippen LogP contribution in [0.4, 0.5) is 5.69 Å². The van der Waals surface area contributed by atoms with Gasteiger partial charge in [0.2, 0.25) is 5.91 Å². The largest absolute Gasteiger partial charge is 0.375 e. The minimum atomic E-state index is 0.0284. The number of carbonyl (C=O) groups excluding carboxylic acids is 1. The van der Waals surface area contributed by atoms with Crippen LogP contribution in [0, 0.1) is 11.3 Å². The number of anilines is 1. The SMILES string of the molecule is N#Cc1ccc(Cl)cc1NCC(=O)N1CCc2sccc2C1. The molecule has 0 unspecified atom stereocenters. The highest BCUT2D eigenvalue weighted by atomic mass is 35.5. The molecule has 2 heterocycles. The molecule has 3 rings (SSSR count). The first kappa shape index (κ1) is 14.9. The van der Waals surface area contributed by atoms with Crippen LogP contribution in [0.15, 0.2) is 29.6 Å². The van der Waals surface area contributed by atoms with Gasteiger partial charge in [0, 0.05) is 23.0 Å². The molecular weight excluding hydrogens is 318 g/mol. The smallest absolute Gasteiger partial charge is 0.242 e. The van der Waals surface area contributed by atoms with Crippen molar-refractivity contribution < 1.29 is 4.79 Å². The summed E-state index contributed by atoms with van der Waals surface area (Å²) >= 11 is 7.69. The van der Waals surface area contributed by atoms with Crippen LogP contribution in [-0.4, -0.2) is 23.9 Å². The van der Waals surface area contributed by atoms with Crippen LogP contribution in [0.1, 0.15) is 16.0 Å². The lowest BCUT2D eigenvalue weighted by atomic mass is 10.1. The topological polar surface area (TPSA) is 56.1 Å². The van der Waals surface area contributed by atoms with E-state index in [9.17, 15) is 4.79 Å². The van der Waals surface area contributed by atoms with E-state index in [0.717, 1.165) is 13.0 Å². The van der Waals surface area contributed by atoms with Crippen LogP contribution in [-0.2, 0) is 17.8 Å². The number of rotatable bonds is 3. The van der Waals surface area contributed by atoms with E-state index in [4.69, 9.17) is 16.9 Å². The summed E-state index contributed by atoms with van der Waals surface area (Å²) in [6.45, 7) is 1.57. The number of hydrogen-bond donors (Lipinski definition) is 1. The molecule has 0 saturated carbocycles. The number of fused-ring (bicyclic) bond motifs is 1. The zero-order chi connectivity index (χ0) is 15.5. The highest BCUT2D eigenvalue weighted by Gasteiger charge is 2.21. The summed E-state index contributed by atoms with van der Waals surface area (Å²) in [5.74, 6) is 0.0284. The Bertz CT molecular complexity index is 750. The van der Waals surface area contributed by atoms with E-state index in [2.05, 4.69) is 22.8 Å². The highest BCUT2D eigenvalue weighted by Crippen LogP contribution is 2.24. The first-order valence-corrected chi connectivity index (χ1v) is 8.19. The third-order valence-corrected chi connectivity index (χ3v) is 4.95. The Morgan fingerprint density at radius 3 is 3.14 bits per heavy atom. The van der Waals surface area contributed by atoms with Gasteiger partial charge in [-0.05, 0) is 41.6 Å². The molecule has 0 radical (unpaired) electrons. The maximum Gasteiger partial charge on any atom is 0.242 e. The Morgan fingerprint density at radius 2 is 2.32 bits per heavy atom. The normalized spacial score (nSPS) is 13.4. The lowest BCUT2D eigenvalue weighted by molar-refractivity contribution is -0.130. The van der Waals surface area contributed by atoms with Gasteiger partial charge in [-0.3, -0.25) is 4.79 Å². The van der Waals surface area contributed by atoms with Gasteiger partial charge in [-0.15, -0.1) is 11.3 Å². The third-order valence-electron chi connectivity index (χ3n) is 3.69. The van der Waals surface area contributed by atoms with Crippen LogP contribution in [0.5, 0.6) is 0 Å². The van der Waals surface area contributed by atoms with E-state index >= 15 is 0 Å². The molecule has 0 atom stereocenters. The molecule has 1 aliphatic rings. The molecule has 112 valence electrons. The van der Waals surface area contributed by atoms with Crippen molar-refractivity contribution >= 4 is 34.5 Å². The van der Waals surface area contributed by atoms with Gasteiger partial charge in [-0.2, -0.15) is 5.26 Å². The second kappa shape index (κ2) is 6.39. The fourth-order valence-corrected chi connectivity index (χ4v) is 3.57. The molecule has 1 aromatic heterocycles. The van der Waals surface area contributed by atoms with Gasteiger partial charge >= 0.3 is 0 Å². The summed E-state index contributed by atoms with van der Waals surface area (Å²) in [5, 5.41) is 14.7. The third kappa shape index (κ3) is 3.08. The average molecular weight is 332 g/mol.